The third kappa shape index (κ3) is 18.2. The van der Waals surface area contributed by atoms with E-state index in [9.17, 15) is 34.0 Å². The minimum atomic E-state index is -1.02. The van der Waals surface area contributed by atoms with Crippen LogP contribution in [0.5, 0.6) is 0 Å². The van der Waals surface area contributed by atoms with Crippen molar-refractivity contribution >= 4 is 35.8 Å². The van der Waals surface area contributed by atoms with E-state index in [0.717, 1.165) is 12.0 Å². The molecule has 2 aliphatic heterocycles. The maximum Gasteiger partial charge on any atom is 0.408 e. The molecule has 6 amide bonds. The molecule has 16 nitrogen and oxygen atoms in total. The zero-order chi connectivity index (χ0) is 49.6. The molecule has 2 fully saturated rings. The maximum absolute atomic E-state index is 14.6. The van der Waals surface area contributed by atoms with Crippen LogP contribution < -0.4 is 26.6 Å². The molecular weight excluding hydrogens is 843 g/mol. The molecular formula is C50H83N7O9. The van der Waals surface area contributed by atoms with Crippen molar-refractivity contribution in [3.05, 3.63) is 48.0 Å². The Bertz CT molecular complexity index is 1780. The normalized spacial score (nSPS) is 19.5. The number of nitrogens with zero attached hydrogens (tertiary/aromatic N) is 2. The summed E-state index contributed by atoms with van der Waals surface area (Å²) in [5.74, 6) is -2.26. The first-order valence-electron chi connectivity index (χ1n) is 24.1. The molecule has 3 rings (SSSR count). The smallest absolute Gasteiger partial charge is 0.408 e. The van der Waals surface area contributed by atoms with Crippen molar-refractivity contribution in [3.8, 4) is 0 Å². The number of alkyl carbamates (subject to hydrolysis) is 2. The van der Waals surface area contributed by atoms with E-state index in [-0.39, 0.29) is 30.8 Å². The number of nitrogens with one attached hydrogen (secondary N) is 5. The molecule has 0 spiro atoms. The number of ether oxygens (including phenoxy) is 2. The molecule has 66 heavy (non-hydrogen) atoms. The molecule has 0 aliphatic carbocycles. The van der Waals surface area contributed by atoms with Crippen LogP contribution >= 0.6 is 0 Å². The van der Waals surface area contributed by atoms with E-state index in [1.165, 1.54) is 5.06 Å². The summed E-state index contributed by atoms with van der Waals surface area (Å²) in [6.07, 6.45) is 6.44. The van der Waals surface area contributed by atoms with E-state index in [4.69, 9.17) is 9.47 Å². The average molecular weight is 926 g/mol. The molecule has 0 radical (unpaired) electrons. The summed E-state index contributed by atoms with van der Waals surface area (Å²) < 4.78 is 11.3. The van der Waals surface area contributed by atoms with Crippen molar-refractivity contribution in [1.82, 2.24) is 36.5 Å². The standard InChI is InChI=1S/C50H83N7O9/c1-32(2)23-25-37(53-47(63)66-48(7,8)9)26-24-36(29-35-19-15-14-16-20-35)45(61)56-28-18-22-40(56)43(59)55-41(33(3)4)44(60)54-39(42(58)52-34(5)6)21-17-27-51-46(62)65-38-30-49(10,11)57(64)50(12,13)31-38/h14-16,19-20,24,26,32-34,36-41,64H,17-18,21-23,25,27-31H2,1-13H3,(H,51,62)(H,52,58)(H,53,63)(H,54,60)(H,55,59)/b26-24+/t36-,37+,39+,40+,41+/m1/s1. The van der Waals surface area contributed by atoms with Crippen LogP contribution in [0.15, 0.2) is 42.5 Å². The highest BCUT2D eigenvalue weighted by atomic mass is 16.6. The molecule has 1 aromatic carbocycles. The molecule has 2 saturated heterocycles. The van der Waals surface area contributed by atoms with Gasteiger partial charge in [0.1, 0.15) is 29.8 Å². The first kappa shape index (κ1) is 55.6. The van der Waals surface area contributed by atoms with Gasteiger partial charge in [-0.3, -0.25) is 19.2 Å². The van der Waals surface area contributed by atoms with Gasteiger partial charge in [0.05, 0.1) is 12.0 Å². The van der Waals surface area contributed by atoms with Gasteiger partial charge in [0, 0.05) is 43.1 Å². The van der Waals surface area contributed by atoms with Crippen molar-refractivity contribution in [2.45, 2.75) is 201 Å². The Labute approximate surface area is 394 Å². The number of hydrogen-bond acceptors (Lipinski definition) is 10. The highest BCUT2D eigenvalue weighted by Crippen LogP contribution is 2.38. The van der Waals surface area contributed by atoms with Crippen LogP contribution in [0.1, 0.15) is 147 Å². The van der Waals surface area contributed by atoms with Crippen LogP contribution in [0.3, 0.4) is 0 Å². The fourth-order valence-corrected chi connectivity index (χ4v) is 8.73. The Hall–Kier alpha value is -4.70. The van der Waals surface area contributed by atoms with Gasteiger partial charge in [0.15, 0.2) is 0 Å². The fourth-order valence-electron chi connectivity index (χ4n) is 8.73. The number of likely N-dealkylation sites (tertiary alicyclic amines) is 1. The number of hydrogen-bond donors (Lipinski definition) is 6. The zero-order valence-corrected chi connectivity index (χ0v) is 42.1. The van der Waals surface area contributed by atoms with E-state index in [2.05, 4.69) is 40.4 Å². The van der Waals surface area contributed by atoms with Crippen molar-refractivity contribution in [3.63, 3.8) is 0 Å². The summed E-state index contributed by atoms with van der Waals surface area (Å²) in [6, 6.07) is 6.24. The third-order valence-electron chi connectivity index (χ3n) is 11.9. The van der Waals surface area contributed by atoms with Gasteiger partial charge in [-0.25, -0.2) is 9.59 Å². The highest BCUT2D eigenvalue weighted by Gasteiger charge is 2.46. The fraction of sp³-hybridized carbons (Fsp3) is 0.720. The molecule has 2 heterocycles. The van der Waals surface area contributed by atoms with Gasteiger partial charge in [-0.2, -0.15) is 5.06 Å². The molecule has 0 saturated carbocycles. The van der Waals surface area contributed by atoms with Gasteiger partial charge in [0.25, 0.3) is 0 Å². The zero-order valence-electron chi connectivity index (χ0n) is 42.1. The van der Waals surface area contributed by atoms with Crippen molar-refractivity contribution in [1.29, 1.82) is 0 Å². The minimum absolute atomic E-state index is 0.182. The Morgan fingerprint density at radius 3 is 2.03 bits per heavy atom. The second kappa shape index (κ2) is 24.9. The number of rotatable bonds is 21. The number of amides is 6. The van der Waals surface area contributed by atoms with Crippen molar-refractivity contribution in [2.24, 2.45) is 17.8 Å². The summed E-state index contributed by atoms with van der Waals surface area (Å²) in [5, 5.41) is 26.3. The molecule has 1 aromatic rings. The molecule has 372 valence electrons. The highest BCUT2D eigenvalue weighted by molar-refractivity contribution is 5.95. The lowest BCUT2D eigenvalue weighted by atomic mass is 9.80. The van der Waals surface area contributed by atoms with Crippen molar-refractivity contribution in [2.75, 3.05) is 13.1 Å². The van der Waals surface area contributed by atoms with E-state index < -0.39 is 82.8 Å². The number of carbonyl (C=O) groups is 6. The van der Waals surface area contributed by atoms with Gasteiger partial charge < -0.3 is 46.2 Å². The van der Waals surface area contributed by atoms with Crippen LogP contribution in [0.2, 0.25) is 0 Å². The molecule has 16 heteroatoms. The van der Waals surface area contributed by atoms with Crippen LogP contribution in [0.4, 0.5) is 9.59 Å². The number of carbonyl (C=O) groups excluding carboxylic acids is 6. The van der Waals surface area contributed by atoms with Crippen LogP contribution in [-0.4, -0.2) is 117 Å². The Kier molecular flexibility index (Phi) is 21.0. The summed E-state index contributed by atoms with van der Waals surface area (Å²) >= 11 is 0. The second-order valence-corrected chi connectivity index (χ2v) is 21.5. The molecule has 0 bridgehead atoms. The Balaban J connectivity index is 1.73. The largest absolute Gasteiger partial charge is 0.446 e. The summed E-state index contributed by atoms with van der Waals surface area (Å²) in [4.78, 5) is 83.4. The summed E-state index contributed by atoms with van der Waals surface area (Å²) in [6.45, 7) is 25.0. The van der Waals surface area contributed by atoms with E-state index in [0.29, 0.717) is 57.4 Å². The number of benzene rings is 1. The predicted octanol–water partition coefficient (Wildman–Crippen LogP) is 6.79. The first-order chi connectivity index (χ1) is 30.7. The molecule has 0 unspecified atom stereocenters. The summed E-state index contributed by atoms with van der Waals surface area (Å²) in [5.41, 5.74) is -0.918. The van der Waals surface area contributed by atoms with E-state index in [1.54, 1.807) is 39.5 Å². The maximum atomic E-state index is 14.6. The van der Waals surface area contributed by atoms with E-state index >= 15 is 0 Å². The van der Waals surface area contributed by atoms with Gasteiger partial charge in [-0.05, 0) is 125 Å². The van der Waals surface area contributed by atoms with Crippen LogP contribution in [0.25, 0.3) is 0 Å². The van der Waals surface area contributed by atoms with Gasteiger partial charge in [-0.15, -0.1) is 0 Å². The monoisotopic (exact) mass is 926 g/mol. The van der Waals surface area contributed by atoms with Crippen molar-refractivity contribution < 1.29 is 43.4 Å². The number of hydroxylamine groups is 2. The Morgan fingerprint density at radius 2 is 1.45 bits per heavy atom. The lowest BCUT2D eigenvalue weighted by molar-refractivity contribution is -0.256. The number of piperidine rings is 1. The SMILES string of the molecule is CC(C)CC[C@@H](/C=C/[C@H](Cc1ccccc1)C(=O)N1CCC[C@H]1C(=O)N[C@H](C(=O)N[C@@H](CCCNC(=O)OC1CC(C)(C)N(O)C(C)(C)C1)C(=O)NC(C)C)C(C)C)NC(=O)OC(C)(C)C. The van der Waals surface area contributed by atoms with Gasteiger partial charge in [-0.1, -0.05) is 70.2 Å². The average Bonchev–Trinajstić information content (AvgIpc) is 3.69. The lowest BCUT2D eigenvalue weighted by Crippen LogP contribution is -2.61. The second-order valence-electron chi connectivity index (χ2n) is 21.5. The van der Waals surface area contributed by atoms with Crippen LogP contribution in [-0.2, 0) is 35.1 Å². The third-order valence-corrected chi connectivity index (χ3v) is 11.9. The Morgan fingerprint density at radius 1 is 0.818 bits per heavy atom. The first-order valence-corrected chi connectivity index (χ1v) is 24.1. The van der Waals surface area contributed by atoms with Gasteiger partial charge in [0.2, 0.25) is 23.6 Å². The molecule has 5 atom stereocenters. The van der Waals surface area contributed by atoms with Gasteiger partial charge >= 0.3 is 12.2 Å². The quantitative estimate of drug-likeness (QED) is 0.0562. The lowest BCUT2D eigenvalue weighted by Gasteiger charge is -2.50. The van der Waals surface area contributed by atoms with E-state index in [1.807, 2.05) is 84.0 Å². The summed E-state index contributed by atoms with van der Waals surface area (Å²) in [7, 11) is 0. The molecule has 0 aromatic heterocycles. The predicted molar refractivity (Wildman–Crippen MR) is 255 cm³/mol. The molecule has 2 aliphatic rings. The topological polar surface area (TPSA) is 208 Å². The minimum Gasteiger partial charge on any atom is -0.446 e. The molecule has 6 N–H and O–H groups in total. The van der Waals surface area contributed by atoms with Crippen LogP contribution in [0, 0.1) is 17.8 Å².